The minimum absolute atomic E-state index is 0.165. The number of rotatable bonds is 6. The molecule has 5 nitrogen and oxygen atoms in total. The van der Waals surface area contributed by atoms with Crippen LogP contribution in [0.3, 0.4) is 0 Å². The van der Waals surface area contributed by atoms with Gasteiger partial charge in [0.25, 0.3) is 10.0 Å². The van der Waals surface area contributed by atoms with Crippen LogP contribution < -0.4 is 10.0 Å². The summed E-state index contributed by atoms with van der Waals surface area (Å²) in [5, 5.41) is 4.32. The van der Waals surface area contributed by atoms with Crippen LogP contribution in [0.1, 0.15) is 5.56 Å². The molecule has 0 saturated heterocycles. The standard InChI is InChI=1S/C13H13BrN2O3S2/c14-11-6-7-20-13(11)21(18,19)16-9-12(17)15-8-10-4-2-1-3-5-10/h1-7,16H,8-9H2,(H,15,17). The molecule has 0 bridgehead atoms. The van der Waals surface area contributed by atoms with Gasteiger partial charge < -0.3 is 5.32 Å². The van der Waals surface area contributed by atoms with E-state index in [1.54, 1.807) is 11.4 Å². The summed E-state index contributed by atoms with van der Waals surface area (Å²) < 4.78 is 26.9. The zero-order valence-electron chi connectivity index (χ0n) is 10.9. The lowest BCUT2D eigenvalue weighted by atomic mass is 10.2. The van der Waals surface area contributed by atoms with Crippen molar-refractivity contribution in [2.24, 2.45) is 0 Å². The maximum Gasteiger partial charge on any atom is 0.251 e. The predicted molar refractivity (Wildman–Crippen MR) is 85.5 cm³/mol. The van der Waals surface area contributed by atoms with Gasteiger partial charge in [0.15, 0.2) is 0 Å². The van der Waals surface area contributed by atoms with Crippen LogP contribution in [0.15, 0.2) is 50.5 Å². The number of nitrogens with one attached hydrogen (secondary N) is 2. The quantitative estimate of drug-likeness (QED) is 0.795. The molecule has 0 aliphatic heterocycles. The molecule has 1 amide bonds. The Morgan fingerprint density at radius 3 is 2.52 bits per heavy atom. The molecule has 0 atom stereocenters. The third kappa shape index (κ3) is 4.63. The van der Waals surface area contributed by atoms with Crippen molar-refractivity contribution in [2.45, 2.75) is 10.8 Å². The van der Waals surface area contributed by atoms with Gasteiger partial charge in [-0.05, 0) is 32.9 Å². The summed E-state index contributed by atoms with van der Waals surface area (Å²) in [7, 11) is -3.66. The summed E-state index contributed by atoms with van der Waals surface area (Å²) in [6.45, 7) is 0.0730. The highest BCUT2D eigenvalue weighted by atomic mass is 79.9. The zero-order valence-corrected chi connectivity index (χ0v) is 14.1. The van der Waals surface area contributed by atoms with Crippen molar-refractivity contribution in [2.75, 3.05) is 6.54 Å². The van der Waals surface area contributed by atoms with Crippen molar-refractivity contribution >= 4 is 43.2 Å². The molecule has 1 aromatic heterocycles. The van der Waals surface area contributed by atoms with Crippen molar-refractivity contribution in [3.63, 3.8) is 0 Å². The van der Waals surface area contributed by atoms with E-state index in [0.29, 0.717) is 11.0 Å². The number of hydrogen-bond acceptors (Lipinski definition) is 4. The molecule has 2 N–H and O–H groups in total. The topological polar surface area (TPSA) is 75.3 Å². The summed E-state index contributed by atoms with van der Waals surface area (Å²) >= 11 is 4.25. The monoisotopic (exact) mass is 388 g/mol. The van der Waals surface area contributed by atoms with E-state index in [1.807, 2.05) is 30.3 Å². The fourth-order valence-electron chi connectivity index (χ4n) is 1.56. The number of halogens is 1. The third-order valence-corrected chi connectivity index (χ3v) is 6.66. The van der Waals surface area contributed by atoms with Crippen LogP contribution in [0.25, 0.3) is 0 Å². The molecule has 2 aromatic rings. The summed E-state index contributed by atoms with van der Waals surface area (Å²) in [5.41, 5.74) is 0.953. The van der Waals surface area contributed by atoms with Crippen molar-refractivity contribution in [3.05, 3.63) is 51.8 Å². The number of carbonyl (C=O) groups is 1. The van der Waals surface area contributed by atoms with E-state index in [2.05, 4.69) is 26.0 Å². The van der Waals surface area contributed by atoms with Gasteiger partial charge >= 0.3 is 0 Å². The highest BCUT2D eigenvalue weighted by Crippen LogP contribution is 2.27. The van der Waals surface area contributed by atoms with Crippen molar-refractivity contribution in [3.8, 4) is 0 Å². The van der Waals surface area contributed by atoms with Crippen LogP contribution in [0.4, 0.5) is 0 Å². The summed E-state index contributed by atoms with van der Waals surface area (Å²) in [6, 6.07) is 11.0. The molecule has 0 aliphatic rings. The van der Waals surface area contributed by atoms with Gasteiger partial charge in [-0.1, -0.05) is 30.3 Å². The number of amides is 1. The van der Waals surface area contributed by atoms with E-state index in [9.17, 15) is 13.2 Å². The molecule has 2 rings (SSSR count). The molecule has 0 unspecified atom stereocenters. The SMILES string of the molecule is O=C(CNS(=O)(=O)c1sccc1Br)NCc1ccccc1. The first-order valence-corrected chi connectivity index (χ1v) is 9.18. The van der Waals surface area contributed by atoms with Gasteiger partial charge in [0, 0.05) is 11.0 Å². The fraction of sp³-hybridized carbons (Fsp3) is 0.154. The van der Waals surface area contributed by atoms with E-state index in [4.69, 9.17) is 0 Å². The Balaban J connectivity index is 1.85. The first kappa shape index (κ1) is 16.2. The average Bonchev–Trinajstić information content (AvgIpc) is 2.91. The maximum absolute atomic E-state index is 12.0. The first-order chi connectivity index (χ1) is 9.99. The van der Waals surface area contributed by atoms with E-state index in [-0.39, 0.29) is 16.7 Å². The molecular formula is C13H13BrN2O3S2. The molecule has 0 saturated carbocycles. The van der Waals surface area contributed by atoms with Crippen molar-refractivity contribution in [1.82, 2.24) is 10.0 Å². The smallest absolute Gasteiger partial charge is 0.251 e. The molecule has 1 aromatic carbocycles. The molecule has 0 aliphatic carbocycles. The van der Waals surface area contributed by atoms with E-state index < -0.39 is 10.0 Å². The second-order valence-electron chi connectivity index (χ2n) is 4.14. The molecule has 21 heavy (non-hydrogen) atoms. The first-order valence-electron chi connectivity index (χ1n) is 6.02. The Morgan fingerprint density at radius 1 is 1.19 bits per heavy atom. The largest absolute Gasteiger partial charge is 0.351 e. The Morgan fingerprint density at radius 2 is 1.90 bits per heavy atom. The highest BCUT2D eigenvalue weighted by Gasteiger charge is 2.19. The second kappa shape index (κ2) is 7.17. The lowest BCUT2D eigenvalue weighted by molar-refractivity contribution is -0.120. The van der Waals surface area contributed by atoms with Crippen molar-refractivity contribution in [1.29, 1.82) is 0 Å². The van der Waals surface area contributed by atoms with Crippen LogP contribution in [-0.4, -0.2) is 20.9 Å². The number of sulfonamides is 1. The molecule has 0 radical (unpaired) electrons. The fourth-order valence-corrected chi connectivity index (χ4v) is 4.92. The van der Waals surface area contributed by atoms with E-state index in [1.165, 1.54) is 0 Å². The predicted octanol–water partition coefficient (Wildman–Crippen LogP) is 2.11. The van der Waals surface area contributed by atoms with Gasteiger partial charge in [0.05, 0.1) is 6.54 Å². The molecule has 1 heterocycles. The Bertz CT molecular complexity index is 714. The lowest BCUT2D eigenvalue weighted by Crippen LogP contribution is -2.36. The van der Waals surface area contributed by atoms with Gasteiger partial charge in [0.1, 0.15) is 4.21 Å². The number of carbonyl (C=O) groups excluding carboxylic acids is 1. The number of benzene rings is 1. The number of hydrogen-bond donors (Lipinski definition) is 2. The normalized spacial score (nSPS) is 11.3. The molecule has 0 fully saturated rings. The van der Waals surface area contributed by atoms with Crippen LogP contribution in [0, 0.1) is 0 Å². The van der Waals surface area contributed by atoms with Crippen LogP contribution in [0.5, 0.6) is 0 Å². The highest BCUT2D eigenvalue weighted by molar-refractivity contribution is 9.10. The van der Waals surface area contributed by atoms with Gasteiger partial charge in [-0.3, -0.25) is 4.79 Å². The zero-order chi connectivity index (χ0) is 15.3. The Kier molecular flexibility index (Phi) is 5.51. The van der Waals surface area contributed by atoms with Crippen LogP contribution >= 0.6 is 27.3 Å². The Labute approximate surface area is 135 Å². The van der Waals surface area contributed by atoms with Crippen molar-refractivity contribution < 1.29 is 13.2 Å². The third-order valence-electron chi connectivity index (χ3n) is 2.58. The molecule has 8 heteroatoms. The lowest BCUT2D eigenvalue weighted by Gasteiger charge is -2.07. The minimum Gasteiger partial charge on any atom is -0.351 e. The second-order valence-corrected chi connectivity index (χ2v) is 7.88. The van der Waals surface area contributed by atoms with Gasteiger partial charge in [0.2, 0.25) is 5.91 Å². The minimum atomic E-state index is -3.66. The summed E-state index contributed by atoms with van der Waals surface area (Å²) in [6.07, 6.45) is 0. The van der Waals surface area contributed by atoms with Gasteiger partial charge in [-0.2, -0.15) is 0 Å². The summed E-state index contributed by atoms with van der Waals surface area (Å²) in [4.78, 5) is 11.7. The van der Waals surface area contributed by atoms with E-state index in [0.717, 1.165) is 16.9 Å². The summed E-state index contributed by atoms with van der Waals surface area (Å²) in [5.74, 6) is -0.380. The van der Waals surface area contributed by atoms with Crippen LogP contribution in [0.2, 0.25) is 0 Å². The Hall–Kier alpha value is -1.22. The number of thiophene rings is 1. The van der Waals surface area contributed by atoms with Gasteiger partial charge in [-0.15, -0.1) is 11.3 Å². The average molecular weight is 389 g/mol. The molecular weight excluding hydrogens is 376 g/mol. The van der Waals surface area contributed by atoms with Crippen LogP contribution in [-0.2, 0) is 21.4 Å². The maximum atomic E-state index is 12.0. The molecule has 0 spiro atoms. The molecule has 112 valence electrons. The van der Waals surface area contributed by atoms with Gasteiger partial charge in [-0.25, -0.2) is 13.1 Å². The van der Waals surface area contributed by atoms with E-state index >= 15 is 0 Å².